The number of nitro groups is 1. The van der Waals surface area contributed by atoms with Crippen LogP contribution in [0.25, 0.3) is 0 Å². The van der Waals surface area contributed by atoms with Gasteiger partial charge in [0.15, 0.2) is 0 Å². The molecule has 1 fully saturated rings. The van der Waals surface area contributed by atoms with Crippen LogP contribution in [0.3, 0.4) is 0 Å². The van der Waals surface area contributed by atoms with E-state index in [2.05, 4.69) is 12.2 Å². The molecule has 25 heavy (non-hydrogen) atoms. The lowest BCUT2D eigenvalue weighted by Crippen LogP contribution is -2.19. The summed E-state index contributed by atoms with van der Waals surface area (Å²) in [6.45, 7) is 2.15. The van der Waals surface area contributed by atoms with Crippen LogP contribution < -0.4 is 5.32 Å². The number of benzene rings is 1. The maximum atomic E-state index is 12.1. The smallest absolute Gasteiger partial charge is 0.309 e. The lowest BCUT2D eigenvalue weighted by molar-refractivity contribution is -0.384. The van der Waals surface area contributed by atoms with Crippen molar-refractivity contribution in [2.75, 3.05) is 5.32 Å². The molecular weight excluding hydrogens is 324 g/mol. The second kappa shape index (κ2) is 9.15. The third-order valence-electron chi connectivity index (χ3n) is 4.34. The molecule has 1 aromatic carbocycles. The summed E-state index contributed by atoms with van der Waals surface area (Å²) in [5.74, 6) is -1.00. The number of amides is 1. The number of esters is 1. The molecule has 2 atom stereocenters. The van der Waals surface area contributed by atoms with Crippen LogP contribution >= 0.6 is 0 Å². The van der Waals surface area contributed by atoms with Crippen LogP contribution in [0.15, 0.2) is 24.3 Å². The highest BCUT2D eigenvalue weighted by molar-refractivity contribution is 5.93. The van der Waals surface area contributed by atoms with Crippen molar-refractivity contribution < 1.29 is 19.2 Å². The average molecular weight is 348 g/mol. The Bertz CT molecular complexity index is 614. The summed E-state index contributed by atoms with van der Waals surface area (Å²) in [4.78, 5) is 34.1. The van der Waals surface area contributed by atoms with Crippen molar-refractivity contribution in [2.24, 2.45) is 5.92 Å². The number of nitrogens with one attached hydrogen (secondary N) is 1. The largest absolute Gasteiger partial charge is 0.462 e. The Labute approximate surface area is 146 Å². The lowest BCUT2D eigenvalue weighted by atomic mass is 9.98. The molecule has 0 unspecified atom stereocenters. The fourth-order valence-electron chi connectivity index (χ4n) is 2.97. The highest BCUT2D eigenvalue weighted by atomic mass is 16.6. The molecule has 7 heteroatoms. The van der Waals surface area contributed by atoms with Gasteiger partial charge in [-0.3, -0.25) is 19.7 Å². The summed E-state index contributed by atoms with van der Waals surface area (Å²) in [5.41, 5.74) is 0.432. The summed E-state index contributed by atoms with van der Waals surface area (Å²) < 4.78 is 5.35. The number of rotatable bonds is 9. The molecule has 1 N–H and O–H groups in total. The molecule has 1 aliphatic rings. The zero-order valence-corrected chi connectivity index (χ0v) is 14.4. The Morgan fingerprint density at radius 2 is 2.00 bits per heavy atom. The van der Waals surface area contributed by atoms with Crippen LogP contribution in [0.5, 0.6) is 0 Å². The van der Waals surface area contributed by atoms with E-state index in [9.17, 15) is 19.7 Å². The molecule has 1 amide bonds. The number of carbonyl (C=O) groups is 2. The summed E-state index contributed by atoms with van der Waals surface area (Å²) in [5, 5.41) is 13.3. The van der Waals surface area contributed by atoms with Gasteiger partial charge in [0.2, 0.25) is 5.91 Å². The van der Waals surface area contributed by atoms with Crippen molar-refractivity contribution >= 4 is 23.3 Å². The number of carbonyl (C=O) groups excluding carboxylic acids is 2. The van der Waals surface area contributed by atoms with Crippen molar-refractivity contribution in [3.8, 4) is 0 Å². The Hall–Kier alpha value is -2.44. The summed E-state index contributed by atoms with van der Waals surface area (Å²) >= 11 is 0. The number of hydrogen-bond acceptors (Lipinski definition) is 5. The number of hydrogen-bond donors (Lipinski definition) is 1. The van der Waals surface area contributed by atoms with Crippen LogP contribution in [0.1, 0.15) is 51.9 Å². The van der Waals surface area contributed by atoms with E-state index >= 15 is 0 Å². The molecule has 7 nitrogen and oxygen atoms in total. The van der Waals surface area contributed by atoms with Gasteiger partial charge in [0, 0.05) is 24.2 Å². The van der Waals surface area contributed by atoms with Gasteiger partial charge in [-0.25, -0.2) is 0 Å². The molecule has 0 aliphatic carbocycles. The minimum Gasteiger partial charge on any atom is -0.462 e. The highest BCUT2D eigenvalue weighted by Gasteiger charge is 2.35. The van der Waals surface area contributed by atoms with E-state index in [1.807, 2.05) is 0 Å². The van der Waals surface area contributed by atoms with Crippen molar-refractivity contribution in [2.45, 2.75) is 58.0 Å². The molecule has 0 spiro atoms. The van der Waals surface area contributed by atoms with Crippen LogP contribution in [-0.2, 0) is 14.3 Å². The third kappa shape index (κ3) is 5.85. The second-order valence-corrected chi connectivity index (χ2v) is 6.40. The van der Waals surface area contributed by atoms with Gasteiger partial charge >= 0.3 is 5.97 Å². The highest BCUT2D eigenvalue weighted by Crippen LogP contribution is 2.28. The van der Waals surface area contributed by atoms with Crippen molar-refractivity contribution in [3.63, 3.8) is 0 Å². The van der Waals surface area contributed by atoms with E-state index in [0.717, 1.165) is 25.7 Å². The first-order valence-corrected chi connectivity index (χ1v) is 8.74. The van der Waals surface area contributed by atoms with E-state index in [-0.39, 0.29) is 30.1 Å². The maximum Gasteiger partial charge on any atom is 0.309 e. The van der Waals surface area contributed by atoms with Gasteiger partial charge < -0.3 is 10.1 Å². The van der Waals surface area contributed by atoms with E-state index in [0.29, 0.717) is 12.1 Å². The fourth-order valence-corrected chi connectivity index (χ4v) is 2.97. The maximum absolute atomic E-state index is 12.1. The average Bonchev–Trinajstić information content (AvgIpc) is 2.91. The molecule has 0 aromatic heterocycles. The van der Waals surface area contributed by atoms with Gasteiger partial charge in [0.1, 0.15) is 6.10 Å². The zero-order chi connectivity index (χ0) is 18.2. The van der Waals surface area contributed by atoms with Crippen LogP contribution in [0, 0.1) is 16.0 Å². The van der Waals surface area contributed by atoms with Crippen LogP contribution in [0.2, 0.25) is 0 Å². The Kier molecular flexibility index (Phi) is 6.91. The molecule has 1 aromatic rings. The second-order valence-electron chi connectivity index (χ2n) is 6.40. The first kappa shape index (κ1) is 18.9. The molecule has 0 saturated carbocycles. The standard InChI is InChI=1S/C18H24N2O5/c1-2-3-4-5-6-16-11-13(18(22)25-16)12-17(21)19-14-7-9-15(10-8-14)20(23)24/h7-10,13,16H,2-6,11-12H2,1H3,(H,19,21)/t13-,16-/m1/s1. The number of cyclic esters (lactones) is 1. The quantitative estimate of drug-likeness (QED) is 0.316. The normalized spacial score (nSPS) is 19.5. The molecule has 2 rings (SSSR count). The molecule has 0 bridgehead atoms. The molecule has 1 aliphatic heterocycles. The zero-order valence-electron chi connectivity index (χ0n) is 14.4. The van der Waals surface area contributed by atoms with E-state index in [1.54, 1.807) is 0 Å². The molecule has 136 valence electrons. The monoisotopic (exact) mass is 348 g/mol. The summed E-state index contributed by atoms with van der Waals surface area (Å²) in [7, 11) is 0. The lowest BCUT2D eigenvalue weighted by Gasteiger charge is -2.08. The third-order valence-corrected chi connectivity index (χ3v) is 4.34. The number of non-ortho nitro benzene ring substituents is 1. The predicted molar refractivity (Wildman–Crippen MR) is 93.1 cm³/mol. The predicted octanol–water partition coefficient (Wildman–Crippen LogP) is 3.83. The number of unbranched alkanes of at least 4 members (excludes halogenated alkanes) is 3. The summed E-state index contributed by atoms with van der Waals surface area (Å²) in [6.07, 6.45) is 5.94. The minimum atomic E-state index is -0.499. The molecule has 0 radical (unpaired) electrons. The van der Waals surface area contributed by atoms with E-state index in [1.165, 1.54) is 30.7 Å². The van der Waals surface area contributed by atoms with E-state index < -0.39 is 10.8 Å². The Balaban J connectivity index is 1.78. The Morgan fingerprint density at radius 3 is 2.64 bits per heavy atom. The molecule has 1 saturated heterocycles. The van der Waals surface area contributed by atoms with Gasteiger partial charge in [-0.2, -0.15) is 0 Å². The van der Waals surface area contributed by atoms with Crippen LogP contribution in [-0.4, -0.2) is 22.9 Å². The van der Waals surface area contributed by atoms with Crippen molar-refractivity contribution in [3.05, 3.63) is 34.4 Å². The Morgan fingerprint density at radius 1 is 1.28 bits per heavy atom. The van der Waals surface area contributed by atoms with E-state index in [4.69, 9.17) is 4.74 Å². The summed E-state index contributed by atoms with van der Waals surface area (Å²) in [6, 6.07) is 5.59. The fraction of sp³-hybridized carbons (Fsp3) is 0.556. The number of nitro benzene ring substituents is 1. The van der Waals surface area contributed by atoms with Gasteiger partial charge in [-0.05, 0) is 31.4 Å². The number of nitrogens with zero attached hydrogens (tertiary/aromatic N) is 1. The number of anilines is 1. The molecule has 1 heterocycles. The topological polar surface area (TPSA) is 98.5 Å². The van der Waals surface area contributed by atoms with Gasteiger partial charge in [0.25, 0.3) is 5.69 Å². The SMILES string of the molecule is CCCCCC[C@@H]1C[C@H](CC(=O)Nc2ccc([N+](=O)[O-])cc2)C(=O)O1. The van der Waals surface area contributed by atoms with Gasteiger partial charge in [-0.1, -0.05) is 26.2 Å². The first-order valence-electron chi connectivity index (χ1n) is 8.74. The molecular formula is C18H24N2O5. The first-order chi connectivity index (χ1) is 12.0. The number of ether oxygens (including phenoxy) is 1. The van der Waals surface area contributed by atoms with Gasteiger partial charge in [0.05, 0.1) is 10.8 Å². The van der Waals surface area contributed by atoms with Gasteiger partial charge in [-0.15, -0.1) is 0 Å². The van der Waals surface area contributed by atoms with Crippen molar-refractivity contribution in [1.82, 2.24) is 0 Å². The minimum absolute atomic E-state index is 0.0386. The van der Waals surface area contributed by atoms with Crippen LogP contribution in [0.4, 0.5) is 11.4 Å². The van der Waals surface area contributed by atoms with Crippen molar-refractivity contribution in [1.29, 1.82) is 0 Å².